The molecule has 1 unspecified atom stereocenters. The van der Waals surface area contributed by atoms with E-state index in [-0.39, 0.29) is 0 Å². The molecule has 2 rings (SSSR count). The lowest BCUT2D eigenvalue weighted by molar-refractivity contribution is -0.0631. The highest BCUT2D eigenvalue weighted by Gasteiger charge is 2.17. The van der Waals surface area contributed by atoms with E-state index in [4.69, 9.17) is 9.47 Å². The summed E-state index contributed by atoms with van der Waals surface area (Å²) in [6, 6.07) is 0. The lowest BCUT2D eigenvalue weighted by Crippen LogP contribution is -2.15. The Morgan fingerprint density at radius 1 is 0.941 bits per heavy atom. The first-order valence-corrected chi connectivity index (χ1v) is 7.35. The monoisotopic (exact) mass is 238 g/mol. The third kappa shape index (κ3) is 4.81. The minimum absolute atomic E-state index is 0.344. The average Bonchev–Trinajstić information content (AvgIpc) is 2.55. The molecule has 0 bridgehead atoms. The predicted molar refractivity (Wildman–Crippen MR) is 69.9 cm³/mol. The van der Waals surface area contributed by atoms with Gasteiger partial charge in [-0.2, -0.15) is 0 Å². The predicted octanol–water partition coefficient (Wildman–Crippen LogP) is 4.20. The molecule has 0 aromatic carbocycles. The van der Waals surface area contributed by atoms with E-state index < -0.39 is 0 Å². The first-order chi connectivity index (χ1) is 8.47. The van der Waals surface area contributed by atoms with Crippen LogP contribution in [-0.4, -0.2) is 19.5 Å². The minimum Gasteiger partial charge on any atom is -0.355 e. The maximum absolute atomic E-state index is 5.82. The van der Waals surface area contributed by atoms with Gasteiger partial charge in [0.2, 0.25) is 0 Å². The number of fused-ring (bicyclic) bond motifs is 1. The quantitative estimate of drug-likeness (QED) is 0.589. The van der Waals surface area contributed by atoms with Crippen molar-refractivity contribution in [2.45, 2.75) is 70.3 Å². The van der Waals surface area contributed by atoms with Gasteiger partial charge in [-0.1, -0.05) is 44.6 Å². The second-order valence-corrected chi connectivity index (χ2v) is 5.26. The van der Waals surface area contributed by atoms with E-state index >= 15 is 0 Å². The Morgan fingerprint density at radius 3 is 2.59 bits per heavy atom. The average molecular weight is 238 g/mol. The van der Waals surface area contributed by atoms with Crippen molar-refractivity contribution in [2.24, 2.45) is 0 Å². The van der Waals surface area contributed by atoms with Crippen molar-refractivity contribution >= 4 is 0 Å². The van der Waals surface area contributed by atoms with Gasteiger partial charge in [-0.05, 0) is 31.3 Å². The maximum Gasteiger partial charge on any atom is 0.147 e. The number of hydrogen-bond donors (Lipinski definition) is 0. The molecule has 1 atom stereocenters. The Kier molecular flexibility index (Phi) is 6.08. The van der Waals surface area contributed by atoms with Crippen molar-refractivity contribution in [1.82, 2.24) is 0 Å². The molecule has 1 aliphatic heterocycles. The molecule has 2 aliphatic rings. The fourth-order valence-electron chi connectivity index (χ4n) is 2.79. The Hall–Kier alpha value is -0.340. The number of hydrogen-bond acceptors (Lipinski definition) is 2. The Bertz CT molecular complexity index is 235. The van der Waals surface area contributed by atoms with Crippen LogP contribution in [0, 0.1) is 0 Å². The van der Waals surface area contributed by atoms with Crippen molar-refractivity contribution in [3.63, 3.8) is 0 Å². The molecular formula is C15H26O2. The summed E-state index contributed by atoms with van der Waals surface area (Å²) in [6.07, 6.45) is 15.9. The fourth-order valence-corrected chi connectivity index (χ4v) is 2.79. The van der Waals surface area contributed by atoms with Gasteiger partial charge in [0, 0.05) is 0 Å². The van der Waals surface area contributed by atoms with E-state index in [1.165, 1.54) is 63.4 Å². The molecular weight excluding hydrogens is 212 g/mol. The molecule has 2 heteroatoms. The van der Waals surface area contributed by atoms with E-state index in [0.717, 1.165) is 13.0 Å². The van der Waals surface area contributed by atoms with Crippen LogP contribution >= 0.6 is 0 Å². The molecule has 1 saturated heterocycles. The van der Waals surface area contributed by atoms with Crippen LogP contribution in [0.5, 0.6) is 0 Å². The summed E-state index contributed by atoms with van der Waals surface area (Å²) >= 11 is 0. The van der Waals surface area contributed by atoms with Crippen LogP contribution in [0.1, 0.15) is 64.2 Å². The van der Waals surface area contributed by atoms with Crippen LogP contribution in [-0.2, 0) is 9.47 Å². The first-order valence-electron chi connectivity index (χ1n) is 7.35. The molecule has 0 aromatic rings. The molecule has 0 saturated carbocycles. The molecule has 17 heavy (non-hydrogen) atoms. The van der Waals surface area contributed by atoms with E-state index in [2.05, 4.69) is 6.08 Å². The van der Waals surface area contributed by atoms with Crippen LogP contribution in [0.15, 0.2) is 11.6 Å². The highest BCUT2D eigenvalue weighted by molar-refractivity contribution is 5.09. The van der Waals surface area contributed by atoms with Gasteiger partial charge in [-0.3, -0.25) is 0 Å². The van der Waals surface area contributed by atoms with E-state index in [0.29, 0.717) is 12.9 Å². The normalized spacial score (nSPS) is 29.2. The van der Waals surface area contributed by atoms with E-state index in [1.807, 2.05) is 0 Å². The summed E-state index contributed by atoms with van der Waals surface area (Å²) in [4.78, 5) is 0. The van der Waals surface area contributed by atoms with E-state index in [9.17, 15) is 0 Å². The van der Waals surface area contributed by atoms with Crippen LogP contribution in [0.2, 0.25) is 0 Å². The number of ether oxygens (including phenoxy) is 2. The van der Waals surface area contributed by atoms with Crippen molar-refractivity contribution in [3.05, 3.63) is 11.6 Å². The van der Waals surface area contributed by atoms with Crippen molar-refractivity contribution in [1.29, 1.82) is 0 Å². The summed E-state index contributed by atoms with van der Waals surface area (Å²) in [6.45, 7) is 1.32. The molecule has 0 spiro atoms. The SMILES string of the molecule is C1=C2CCOCOC2CCCCCCCCC1. The zero-order valence-electron chi connectivity index (χ0n) is 11.0. The van der Waals surface area contributed by atoms with Crippen molar-refractivity contribution < 1.29 is 9.47 Å². The summed E-state index contributed by atoms with van der Waals surface area (Å²) in [5.41, 5.74) is 1.50. The molecule has 1 fully saturated rings. The van der Waals surface area contributed by atoms with Crippen molar-refractivity contribution in [3.8, 4) is 0 Å². The molecule has 1 heterocycles. The molecule has 0 radical (unpaired) electrons. The smallest absolute Gasteiger partial charge is 0.147 e. The molecule has 1 aliphatic carbocycles. The van der Waals surface area contributed by atoms with Gasteiger partial charge in [-0.15, -0.1) is 0 Å². The number of allylic oxidation sites excluding steroid dienone is 1. The number of rotatable bonds is 0. The minimum atomic E-state index is 0.344. The van der Waals surface area contributed by atoms with Gasteiger partial charge in [0.25, 0.3) is 0 Å². The third-order valence-electron chi connectivity index (χ3n) is 3.88. The zero-order valence-corrected chi connectivity index (χ0v) is 11.0. The first kappa shape index (κ1) is 13.1. The van der Waals surface area contributed by atoms with Gasteiger partial charge in [0.05, 0.1) is 12.7 Å². The lowest BCUT2D eigenvalue weighted by Gasteiger charge is -2.18. The molecule has 0 N–H and O–H groups in total. The van der Waals surface area contributed by atoms with Gasteiger partial charge in [-0.25, -0.2) is 0 Å². The second kappa shape index (κ2) is 7.88. The maximum atomic E-state index is 5.82. The largest absolute Gasteiger partial charge is 0.355 e. The van der Waals surface area contributed by atoms with Gasteiger partial charge >= 0.3 is 0 Å². The highest BCUT2D eigenvalue weighted by atomic mass is 16.7. The van der Waals surface area contributed by atoms with Gasteiger partial charge in [0.15, 0.2) is 0 Å². The van der Waals surface area contributed by atoms with Crippen LogP contribution in [0.4, 0.5) is 0 Å². The zero-order chi connectivity index (χ0) is 11.8. The standard InChI is InChI=1S/C15H26O2/c1-2-4-6-8-10-15-14(9-7-5-3-1)11-12-16-13-17-15/h9,15H,1-8,10-13H2. The third-order valence-corrected chi connectivity index (χ3v) is 3.88. The lowest BCUT2D eigenvalue weighted by atomic mass is 9.97. The molecule has 2 nitrogen and oxygen atoms in total. The summed E-state index contributed by atoms with van der Waals surface area (Å²) in [5, 5.41) is 0. The summed E-state index contributed by atoms with van der Waals surface area (Å²) in [5.74, 6) is 0. The molecule has 0 amide bonds. The summed E-state index contributed by atoms with van der Waals surface area (Å²) < 4.78 is 11.2. The second-order valence-electron chi connectivity index (χ2n) is 5.26. The summed E-state index contributed by atoms with van der Waals surface area (Å²) in [7, 11) is 0. The van der Waals surface area contributed by atoms with Crippen LogP contribution in [0.25, 0.3) is 0 Å². The van der Waals surface area contributed by atoms with E-state index in [1.54, 1.807) is 0 Å². The molecule has 98 valence electrons. The van der Waals surface area contributed by atoms with Crippen molar-refractivity contribution in [2.75, 3.05) is 13.4 Å². The fraction of sp³-hybridized carbons (Fsp3) is 0.867. The Morgan fingerprint density at radius 2 is 1.71 bits per heavy atom. The topological polar surface area (TPSA) is 18.5 Å². The van der Waals surface area contributed by atoms with Crippen LogP contribution in [0.3, 0.4) is 0 Å². The highest BCUT2D eigenvalue weighted by Crippen LogP contribution is 2.23. The van der Waals surface area contributed by atoms with Crippen LogP contribution < -0.4 is 0 Å². The Labute approximate surface area is 105 Å². The van der Waals surface area contributed by atoms with Gasteiger partial charge < -0.3 is 9.47 Å². The Balaban J connectivity index is 1.93. The molecule has 0 aromatic heterocycles. The van der Waals surface area contributed by atoms with Gasteiger partial charge in [0.1, 0.15) is 6.79 Å².